The molecular weight excluding hydrogens is 294 g/mol. The van der Waals surface area contributed by atoms with Crippen molar-refractivity contribution in [2.75, 3.05) is 20.2 Å². The second-order valence-electron chi connectivity index (χ2n) is 5.66. The van der Waals surface area contributed by atoms with Gasteiger partial charge >= 0.3 is 0 Å². The molecule has 0 atom stereocenters. The molecule has 3 rings (SSSR count). The van der Waals surface area contributed by atoms with Crippen LogP contribution in [-0.2, 0) is 13.0 Å². The molecule has 1 aliphatic heterocycles. The van der Waals surface area contributed by atoms with Crippen LogP contribution in [0.3, 0.4) is 0 Å². The number of rotatable bonds is 5. The van der Waals surface area contributed by atoms with Crippen molar-refractivity contribution in [3.63, 3.8) is 0 Å². The first-order chi connectivity index (χ1) is 10.7. The molecule has 0 fully saturated rings. The fourth-order valence-corrected chi connectivity index (χ4v) is 2.88. The fraction of sp³-hybridized carbons (Fsp3) is 0.263. The number of hydrogen-bond donors (Lipinski definition) is 0. The van der Waals surface area contributed by atoms with Crippen molar-refractivity contribution < 1.29 is 4.74 Å². The molecule has 0 aliphatic carbocycles. The minimum atomic E-state index is 0.792. The summed E-state index contributed by atoms with van der Waals surface area (Å²) in [5.41, 5.74) is 3.72. The summed E-state index contributed by atoms with van der Waals surface area (Å²) in [5.74, 6) is 1.05. The fourth-order valence-electron chi connectivity index (χ4n) is 2.68. The van der Waals surface area contributed by atoms with Gasteiger partial charge in [-0.3, -0.25) is 4.90 Å². The van der Waals surface area contributed by atoms with E-state index in [1.165, 1.54) is 11.1 Å². The zero-order valence-corrected chi connectivity index (χ0v) is 13.5. The lowest BCUT2D eigenvalue weighted by atomic mass is 10.1. The van der Waals surface area contributed by atoms with Crippen LogP contribution >= 0.6 is 11.6 Å². The highest BCUT2D eigenvalue weighted by Crippen LogP contribution is 2.26. The number of nitrogens with zero attached hydrogens (tertiary/aromatic N) is 1. The van der Waals surface area contributed by atoms with Gasteiger partial charge in [0.25, 0.3) is 0 Å². The van der Waals surface area contributed by atoms with E-state index < -0.39 is 0 Å². The molecular formula is C19H20ClNO. The van der Waals surface area contributed by atoms with Crippen LogP contribution in [0.15, 0.2) is 48.5 Å². The van der Waals surface area contributed by atoms with E-state index >= 15 is 0 Å². The van der Waals surface area contributed by atoms with E-state index in [0.29, 0.717) is 0 Å². The van der Waals surface area contributed by atoms with Crippen molar-refractivity contribution in [2.45, 2.75) is 13.0 Å². The van der Waals surface area contributed by atoms with Gasteiger partial charge < -0.3 is 4.74 Å². The molecule has 2 aromatic rings. The van der Waals surface area contributed by atoms with Crippen molar-refractivity contribution in [2.24, 2.45) is 0 Å². The van der Waals surface area contributed by atoms with Crippen LogP contribution in [0, 0.1) is 0 Å². The maximum atomic E-state index is 6.15. The normalized spacial score (nSPS) is 13.6. The highest BCUT2D eigenvalue weighted by Gasteiger charge is 2.12. The first-order valence-electron chi connectivity index (χ1n) is 7.56. The van der Waals surface area contributed by atoms with Crippen molar-refractivity contribution in [3.8, 4) is 5.75 Å². The standard InChI is InChI=1S/C19H20ClNO/c1-21(11-4-6-16-5-2-3-7-18(16)20)14-15-8-9-19-17(13-15)10-12-22-19/h2-9,13H,10-12,14H2,1H3/b6-4+. The molecule has 0 unspecified atom stereocenters. The van der Waals surface area contributed by atoms with Gasteiger partial charge in [0.1, 0.15) is 5.75 Å². The van der Waals surface area contributed by atoms with E-state index in [1.54, 1.807) is 0 Å². The maximum absolute atomic E-state index is 6.15. The Morgan fingerprint density at radius 2 is 2.09 bits per heavy atom. The van der Waals surface area contributed by atoms with Crippen molar-refractivity contribution in [3.05, 3.63) is 70.3 Å². The molecule has 0 saturated carbocycles. The van der Waals surface area contributed by atoms with Crippen LogP contribution in [0.25, 0.3) is 6.08 Å². The quantitative estimate of drug-likeness (QED) is 0.810. The van der Waals surface area contributed by atoms with E-state index in [2.05, 4.69) is 42.3 Å². The van der Waals surface area contributed by atoms with Crippen LogP contribution in [-0.4, -0.2) is 25.1 Å². The molecule has 0 N–H and O–H groups in total. The third-order valence-corrected chi connectivity index (χ3v) is 4.17. The average molecular weight is 314 g/mol. The van der Waals surface area contributed by atoms with Gasteiger partial charge in [-0.1, -0.05) is 54.1 Å². The van der Waals surface area contributed by atoms with Gasteiger partial charge in [-0.05, 0) is 35.9 Å². The van der Waals surface area contributed by atoms with Crippen molar-refractivity contribution >= 4 is 17.7 Å². The molecule has 0 radical (unpaired) electrons. The highest BCUT2D eigenvalue weighted by atomic mass is 35.5. The Kier molecular flexibility index (Phi) is 4.81. The lowest BCUT2D eigenvalue weighted by Gasteiger charge is -2.15. The second kappa shape index (κ2) is 6.99. The SMILES string of the molecule is CN(C/C=C/c1ccccc1Cl)Cc1ccc2c(c1)CCO2. The molecule has 0 spiro atoms. The number of halogens is 1. The minimum Gasteiger partial charge on any atom is -0.493 e. The third kappa shape index (κ3) is 3.70. The van der Waals surface area contributed by atoms with Crippen molar-refractivity contribution in [1.82, 2.24) is 4.90 Å². The number of fused-ring (bicyclic) bond motifs is 1. The van der Waals surface area contributed by atoms with Gasteiger partial charge in [-0.2, -0.15) is 0 Å². The van der Waals surface area contributed by atoms with Gasteiger partial charge in [-0.15, -0.1) is 0 Å². The molecule has 2 aromatic carbocycles. The Morgan fingerprint density at radius 1 is 1.23 bits per heavy atom. The Labute approximate surface area is 137 Å². The zero-order chi connectivity index (χ0) is 15.4. The van der Waals surface area contributed by atoms with Crippen LogP contribution in [0.2, 0.25) is 5.02 Å². The van der Waals surface area contributed by atoms with Crippen LogP contribution in [0.4, 0.5) is 0 Å². The van der Waals surface area contributed by atoms with Crippen LogP contribution in [0.5, 0.6) is 5.75 Å². The monoisotopic (exact) mass is 313 g/mol. The van der Waals surface area contributed by atoms with Gasteiger partial charge in [-0.25, -0.2) is 0 Å². The lowest BCUT2D eigenvalue weighted by molar-refractivity contribution is 0.356. The minimum absolute atomic E-state index is 0.792. The van der Waals surface area contributed by atoms with Crippen LogP contribution < -0.4 is 4.74 Å². The van der Waals surface area contributed by atoms with E-state index in [1.807, 2.05) is 24.3 Å². The molecule has 1 aliphatic rings. The summed E-state index contributed by atoms with van der Waals surface area (Å²) in [6, 6.07) is 14.4. The molecule has 114 valence electrons. The first-order valence-corrected chi connectivity index (χ1v) is 7.94. The number of benzene rings is 2. The summed E-state index contributed by atoms with van der Waals surface area (Å²) in [4.78, 5) is 2.28. The molecule has 22 heavy (non-hydrogen) atoms. The number of ether oxygens (including phenoxy) is 1. The molecule has 3 heteroatoms. The summed E-state index contributed by atoms with van der Waals surface area (Å²) in [5, 5.41) is 0.792. The topological polar surface area (TPSA) is 12.5 Å². The summed E-state index contributed by atoms with van der Waals surface area (Å²) >= 11 is 6.15. The molecule has 1 heterocycles. The van der Waals surface area contributed by atoms with E-state index in [9.17, 15) is 0 Å². The number of hydrogen-bond acceptors (Lipinski definition) is 2. The summed E-state index contributed by atoms with van der Waals surface area (Å²) in [6.45, 7) is 2.63. The Bertz CT molecular complexity index is 681. The van der Waals surface area contributed by atoms with E-state index in [-0.39, 0.29) is 0 Å². The first kappa shape index (κ1) is 15.1. The zero-order valence-electron chi connectivity index (χ0n) is 12.8. The summed E-state index contributed by atoms with van der Waals surface area (Å²) in [7, 11) is 2.13. The van der Waals surface area contributed by atoms with Gasteiger partial charge in [0.05, 0.1) is 6.61 Å². The lowest BCUT2D eigenvalue weighted by Crippen LogP contribution is -2.17. The van der Waals surface area contributed by atoms with Gasteiger partial charge in [0, 0.05) is 24.5 Å². The molecule has 0 bridgehead atoms. The highest BCUT2D eigenvalue weighted by molar-refractivity contribution is 6.32. The number of likely N-dealkylation sites (N-methyl/N-ethyl adjacent to an activating group) is 1. The third-order valence-electron chi connectivity index (χ3n) is 3.83. The summed E-state index contributed by atoms with van der Waals surface area (Å²) in [6.07, 6.45) is 5.26. The maximum Gasteiger partial charge on any atom is 0.122 e. The molecule has 0 amide bonds. The van der Waals surface area contributed by atoms with Crippen molar-refractivity contribution in [1.29, 1.82) is 0 Å². The average Bonchev–Trinajstić information content (AvgIpc) is 2.97. The van der Waals surface area contributed by atoms with E-state index in [0.717, 1.165) is 42.5 Å². The Hall–Kier alpha value is -1.77. The smallest absolute Gasteiger partial charge is 0.122 e. The van der Waals surface area contributed by atoms with Gasteiger partial charge in [0.15, 0.2) is 0 Å². The second-order valence-corrected chi connectivity index (χ2v) is 6.07. The Morgan fingerprint density at radius 3 is 2.95 bits per heavy atom. The molecule has 0 aromatic heterocycles. The molecule has 2 nitrogen and oxygen atoms in total. The molecule has 0 saturated heterocycles. The summed E-state index contributed by atoms with van der Waals surface area (Å²) < 4.78 is 5.55. The van der Waals surface area contributed by atoms with E-state index in [4.69, 9.17) is 16.3 Å². The van der Waals surface area contributed by atoms with Crippen LogP contribution in [0.1, 0.15) is 16.7 Å². The predicted molar refractivity (Wildman–Crippen MR) is 92.5 cm³/mol. The van der Waals surface area contributed by atoms with Gasteiger partial charge in [0.2, 0.25) is 0 Å². The Balaban J connectivity index is 1.56. The predicted octanol–water partition coefficient (Wildman–Crippen LogP) is 4.42. The largest absolute Gasteiger partial charge is 0.493 e.